The van der Waals surface area contributed by atoms with Gasteiger partial charge in [-0.15, -0.1) is 0 Å². The van der Waals surface area contributed by atoms with Crippen LogP contribution in [0.25, 0.3) is 0 Å². The number of amides is 1. The molecule has 1 aliphatic rings. The van der Waals surface area contributed by atoms with E-state index in [4.69, 9.17) is 0 Å². The number of rotatable bonds is 3. The molecule has 0 aromatic heterocycles. The Morgan fingerprint density at radius 1 is 1.80 bits per heavy atom. The van der Waals surface area contributed by atoms with Gasteiger partial charge in [0.1, 0.15) is 0 Å². The van der Waals surface area contributed by atoms with Crippen LogP contribution in [0, 0.1) is 5.92 Å². The van der Waals surface area contributed by atoms with Crippen molar-refractivity contribution in [2.75, 3.05) is 20.1 Å². The van der Waals surface area contributed by atoms with E-state index in [2.05, 4.69) is 10.6 Å². The molecule has 0 radical (unpaired) electrons. The van der Waals surface area contributed by atoms with E-state index in [-0.39, 0.29) is 11.8 Å². The zero-order valence-electron chi connectivity index (χ0n) is 6.31. The molecule has 0 aliphatic carbocycles. The normalized spacial score (nSPS) is 24.9. The minimum atomic E-state index is 0.232. The van der Waals surface area contributed by atoms with E-state index in [1.165, 1.54) is 0 Å². The topological polar surface area (TPSA) is 41.1 Å². The maximum absolute atomic E-state index is 10.9. The Balaban J connectivity index is 2.20. The molecule has 1 saturated heterocycles. The van der Waals surface area contributed by atoms with Gasteiger partial charge in [0.05, 0.1) is 0 Å². The van der Waals surface area contributed by atoms with Crippen molar-refractivity contribution in [3.8, 4) is 0 Å². The average molecular weight is 142 g/mol. The third-order valence-electron chi connectivity index (χ3n) is 1.91. The van der Waals surface area contributed by atoms with Crippen molar-refractivity contribution in [2.24, 2.45) is 5.92 Å². The summed E-state index contributed by atoms with van der Waals surface area (Å²) in [4.78, 5) is 10.9. The molecule has 3 heteroatoms. The Kier molecular flexibility index (Phi) is 2.68. The lowest BCUT2D eigenvalue weighted by atomic mass is 10.0. The summed E-state index contributed by atoms with van der Waals surface area (Å²) in [5.41, 5.74) is 0. The quantitative estimate of drug-likeness (QED) is 0.569. The maximum Gasteiger partial charge on any atom is 0.223 e. The monoisotopic (exact) mass is 142 g/mol. The minimum Gasteiger partial charge on any atom is -0.356 e. The number of hydrogen-bond acceptors (Lipinski definition) is 2. The highest BCUT2D eigenvalue weighted by atomic mass is 16.2. The van der Waals surface area contributed by atoms with E-state index < -0.39 is 0 Å². The van der Waals surface area contributed by atoms with Crippen molar-refractivity contribution in [3.05, 3.63) is 0 Å². The molecule has 1 fully saturated rings. The molecule has 58 valence electrons. The van der Waals surface area contributed by atoms with Crippen LogP contribution < -0.4 is 10.6 Å². The Hall–Kier alpha value is -0.570. The highest BCUT2D eigenvalue weighted by Crippen LogP contribution is 2.12. The Morgan fingerprint density at radius 2 is 2.60 bits per heavy atom. The van der Waals surface area contributed by atoms with Gasteiger partial charge in [-0.3, -0.25) is 4.79 Å². The molecule has 1 atom stereocenters. The van der Waals surface area contributed by atoms with E-state index in [9.17, 15) is 4.79 Å². The van der Waals surface area contributed by atoms with Crippen LogP contribution in [0.3, 0.4) is 0 Å². The Morgan fingerprint density at radius 3 is 3.10 bits per heavy atom. The first-order chi connectivity index (χ1) is 4.84. The Labute approximate surface area is 61.2 Å². The molecule has 10 heavy (non-hydrogen) atoms. The first kappa shape index (κ1) is 7.54. The van der Waals surface area contributed by atoms with E-state index in [1.54, 1.807) is 0 Å². The van der Waals surface area contributed by atoms with Gasteiger partial charge in [0.25, 0.3) is 0 Å². The fourth-order valence-corrected chi connectivity index (χ4v) is 1.24. The summed E-state index contributed by atoms with van der Waals surface area (Å²) in [6.45, 7) is 1.81. The molecule has 1 heterocycles. The summed E-state index contributed by atoms with van der Waals surface area (Å²) in [6, 6.07) is 0. The van der Waals surface area contributed by atoms with Crippen LogP contribution in [0.2, 0.25) is 0 Å². The van der Waals surface area contributed by atoms with Gasteiger partial charge in [0.2, 0.25) is 5.91 Å². The van der Waals surface area contributed by atoms with E-state index in [0.29, 0.717) is 0 Å². The van der Waals surface area contributed by atoms with Crippen molar-refractivity contribution >= 4 is 5.91 Å². The molecule has 1 aliphatic heterocycles. The van der Waals surface area contributed by atoms with Crippen LogP contribution in [0.5, 0.6) is 0 Å². The highest BCUT2D eigenvalue weighted by molar-refractivity contribution is 5.80. The summed E-state index contributed by atoms with van der Waals surface area (Å²) in [5.74, 6) is 0.503. The molecular formula is C7H14N2O. The molecule has 1 amide bonds. The number of nitrogens with one attached hydrogen (secondary N) is 2. The van der Waals surface area contributed by atoms with E-state index in [1.807, 2.05) is 7.05 Å². The largest absolute Gasteiger partial charge is 0.356 e. The van der Waals surface area contributed by atoms with E-state index in [0.717, 1.165) is 25.9 Å². The van der Waals surface area contributed by atoms with Gasteiger partial charge in [-0.25, -0.2) is 0 Å². The van der Waals surface area contributed by atoms with Gasteiger partial charge in [-0.05, 0) is 26.4 Å². The van der Waals surface area contributed by atoms with Gasteiger partial charge in [-0.1, -0.05) is 0 Å². The molecule has 1 rings (SSSR count). The zero-order valence-corrected chi connectivity index (χ0v) is 6.31. The molecule has 0 bridgehead atoms. The van der Waals surface area contributed by atoms with Gasteiger partial charge in [-0.2, -0.15) is 0 Å². The SMILES string of the molecule is CNCCC1CCNC1=O. The maximum atomic E-state index is 10.9. The zero-order chi connectivity index (χ0) is 7.40. The van der Waals surface area contributed by atoms with Crippen LogP contribution in [-0.2, 0) is 4.79 Å². The number of carbonyl (C=O) groups is 1. The average Bonchev–Trinajstić information content (AvgIpc) is 2.31. The van der Waals surface area contributed by atoms with E-state index >= 15 is 0 Å². The lowest BCUT2D eigenvalue weighted by Crippen LogP contribution is -2.21. The highest BCUT2D eigenvalue weighted by Gasteiger charge is 2.22. The lowest BCUT2D eigenvalue weighted by Gasteiger charge is -2.03. The molecule has 0 aromatic carbocycles. The lowest BCUT2D eigenvalue weighted by molar-refractivity contribution is -0.122. The summed E-state index contributed by atoms with van der Waals surface area (Å²) < 4.78 is 0. The van der Waals surface area contributed by atoms with Gasteiger partial charge in [0, 0.05) is 12.5 Å². The summed E-state index contributed by atoms with van der Waals surface area (Å²) in [5, 5.41) is 5.85. The molecular weight excluding hydrogens is 128 g/mol. The first-order valence-corrected chi connectivity index (χ1v) is 3.77. The summed E-state index contributed by atoms with van der Waals surface area (Å²) in [6.07, 6.45) is 1.99. The number of carbonyl (C=O) groups excluding carboxylic acids is 1. The van der Waals surface area contributed by atoms with Crippen molar-refractivity contribution in [1.29, 1.82) is 0 Å². The van der Waals surface area contributed by atoms with Crippen molar-refractivity contribution < 1.29 is 4.79 Å². The number of hydrogen-bond donors (Lipinski definition) is 2. The second kappa shape index (κ2) is 3.56. The second-order valence-electron chi connectivity index (χ2n) is 2.67. The van der Waals surface area contributed by atoms with Crippen molar-refractivity contribution in [3.63, 3.8) is 0 Å². The van der Waals surface area contributed by atoms with Crippen LogP contribution >= 0.6 is 0 Å². The van der Waals surface area contributed by atoms with Crippen LogP contribution in [0.15, 0.2) is 0 Å². The minimum absolute atomic E-state index is 0.232. The molecule has 0 aromatic rings. The fourth-order valence-electron chi connectivity index (χ4n) is 1.24. The molecule has 0 saturated carbocycles. The first-order valence-electron chi connectivity index (χ1n) is 3.77. The van der Waals surface area contributed by atoms with Gasteiger partial charge >= 0.3 is 0 Å². The Bertz CT molecular complexity index is 125. The van der Waals surface area contributed by atoms with Crippen LogP contribution in [-0.4, -0.2) is 26.0 Å². The summed E-state index contributed by atoms with van der Waals surface area (Å²) >= 11 is 0. The summed E-state index contributed by atoms with van der Waals surface area (Å²) in [7, 11) is 1.91. The van der Waals surface area contributed by atoms with Crippen molar-refractivity contribution in [2.45, 2.75) is 12.8 Å². The molecule has 3 nitrogen and oxygen atoms in total. The van der Waals surface area contributed by atoms with Gasteiger partial charge < -0.3 is 10.6 Å². The fraction of sp³-hybridized carbons (Fsp3) is 0.857. The third-order valence-corrected chi connectivity index (χ3v) is 1.91. The van der Waals surface area contributed by atoms with Crippen molar-refractivity contribution in [1.82, 2.24) is 10.6 Å². The predicted molar refractivity (Wildman–Crippen MR) is 39.7 cm³/mol. The van der Waals surface area contributed by atoms with Gasteiger partial charge in [0.15, 0.2) is 0 Å². The molecule has 2 N–H and O–H groups in total. The standard InChI is InChI=1S/C7H14N2O/c1-8-4-2-6-3-5-9-7(6)10/h6,8H,2-5H2,1H3,(H,9,10). The predicted octanol–water partition coefficient (Wildman–Crippen LogP) is -0.268. The third kappa shape index (κ3) is 1.70. The van der Waals surface area contributed by atoms with Crippen LogP contribution in [0.1, 0.15) is 12.8 Å². The molecule has 1 unspecified atom stereocenters. The second-order valence-corrected chi connectivity index (χ2v) is 2.67. The smallest absolute Gasteiger partial charge is 0.223 e. The van der Waals surface area contributed by atoms with Crippen LogP contribution in [0.4, 0.5) is 0 Å². The molecule has 0 spiro atoms.